The van der Waals surface area contributed by atoms with Crippen LogP contribution in [0, 0.1) is 13.8 Å². The highest BCUT2D eigenvalue weighted by Crippen LogP contribution is 2.27. The number of amides is 1. The van der Waals surface area contributed by atoms with Crippen molar-refractivity contribution in [2.45, 2.75) is 33.6 Å². The molecule has 19 heavy (non-hydrogen) atoms. The molecule has 0 aliphatic carbocycles. The van der Waals surface area contributed by atoms with Crippen molar-refractivity contribution in [2.24, 2.45) is 0 Å². The molecule has 0 radical (unpaired) electrons. The molecule has 1 aromatic rings. The van der Waals surface area contributed by atoms with Gasteiger partial charge >= 0.3 is 5.97 Å². The van der Waals surface area contributed by atoms with E-state index in [2.05, 4.69) is 5.32 Å². The number of ether oxygens (including phenoxy) is 1. The third kappa shape index (κ3) is 4.91. The molecule has 1 aromatic carbocycles. The van der Waals surface area contributed by atoms with Crippen molar-refractivity contribution in [3.8, 4) is 0 Å². The van der Waals surface area contributed by atoms with E-state index >= 15 is 0 Å². The van der Waals surface area contributed by atoms with Gasteiger partial charge in [-0.25, -0.2) is 0 Å². The van der Waals surface area contributed by atoms with Gasteiger partial charge in [0.1, 0.15) is 0 Å². The molecule has 0 aromatic heterocycles. The van der Waals surface area contributed by atoms with E-state index in [-0.39, 0.29) is 24.7 Å². The van der Waals surface area contributed by atoms with Gasteiger partial charge in [0.05, 0.1) is 23.7 Å². The second kappa shape index (κ2) is 7.14. The van der Waals surface area contributed by atoms with Crippen LogP contribution in [0.5, 0.6) is 0 Å². The third-order valence-corrected chi connectivity index (χ3v) is 2.86. The average molecular weight is 284 g/mol. The van der Waals surface area contributed by atoms with Crippen molar-refractivity contribution < 1.29 is 14.3 Å². The quantitative estimate of drug-likeness (QED) is 0.844. The Labute approximate surface area is 118 Å². The van der Waals surface area contributed by atoms with Crippen molar-refractivity contribution in [1.29, 1.82) is 0 Å². The van der Waals surface area contributed by atoms with Gasteiger partial charge in [-0.2, -0.15) is 0 Å². The predicted octanol–water partition coefficient (Wildman–Crippen LogP) is 3.24. The van der Waals surface area contributed by atoms with E-state index in [4.69, 9.17) is 16.3 Å². The molecule has 4 nitrogen and oxygen atoms in total. The number of carbonyl (C=O) groups is 2. The third-order valence-electron chi connectivity index (χ3n) is 2.56. The Bertz CT molecular complexity index is 463. The van der Waals surface area contributed by atoms with Gasteiger partial charge < -0.3 is 10.1 Å². The second-order valence-corrected chi connectivity index (χ2v) is 4.70. The summed E-state index contributed by atoms with van der Waals surface area (Å²) < 4.78 is 4.76. The average Bonchev–Trinajstić information content (AvgIpc) is 2.31. The van der Waals surface area contributed by atoms with Crippen LogP contribution in [-0.2, 0) is 14.3 Å². The van der Waals surface area contributed by atoms with Crippen molar-refractivity contribution >= 4 is 29.2 Å². The molecule has 0 aliphatic rings. The summed E-state index contributed by atoms with van der Waals surface area (Å²) in [6.45, 7) is 5.86. The van der Waals surface area contributed by atoms with E-state index in [9.17, 15) is 9.59 Å². The van der Waals surface area contributed by atoms with Gasteiger partial charge in [0.2, 0.25) is 5.91 Å². The Morgan fingerprint density at radius 3 is 2.53 bits per heavy atom. The number of rotatable bonds is 5. The highest BCUT2D eigenvalue weighted by molar-refractivity contribution is 6.34. The van der Waals surface area contributed by atoms with Crippen LogP contribution in [-0.4, -0.2) is 18.5 Å². The van der Waals surface area contributed by atoms with E-state index in [1.54, 1.807) is 13.0 Å². The number of halogens is 1. The molecule has 0 atom stereocenters. The summed E-state index contributed by atoms with van der Waals surface area (Å²) in [5.74, 6) is -0.619. The minimum absolute atomic E-state index is 0.0716. The van der Waals surface area contributed by atoms with Crippen LogP contribution in [0.15, 0.2) is 12.1 Å². The summed E-state index contributed by atoms with van der Waals surface area (Å²) in [5, 5.41) is 3.23. The lowest BCUT2D eigenvalue weighted by Crippen LogP contribution is -2.15. The normalized spacial score (nSPS) is 10.1. The number of anilines is 1. The fraction of sp³-hybridized carbons (Fsp3) is 0.429. The number of nitrogens with one attached hydrogen (secondary N) is 1. The number of carbonyl (C=O) groups excluding carboxylic acids is 2. The lowest BCUT2D eigenvalue weighted by atomic mass is 10.1. The Hall–Kier alpha value is -1.55. The molecule has 5 heteroatoms. The summed E-state index contributed by atoms with van der Waals surface area (Å²) in [5.41, 5.74) is 2.53. The molecule has 0 heterocycles. The lowest BCUT2D eigenvalue weighted by molar-refractivity contribution is -0.144. The number of hydrogen-bond donors (Lipinski definition) is 1. The first-order valence-corrected chi connectivity index (χ1v) is 6.54. The zero-order chi connectivity index (χ0) is 14.4. The highest BCUT2D eigenvalue weighted by Gasteiger charge is 2.11. The monoisotopic (exact) mass is 283 g/mol. The van der Waals surface area contributed by atoms with Crippen molar-refractivity contribution in [3.63, 3.8) is 0 Å². The summed E-state index contributed by atoms with van der Waals surface area (Å²) in [4.78, 5) is 22.9. The van der Waals surface area contributed by atoms with E-state index in [1.807, 2.05) is 19.9 Å². The van der Waals surface area contributed by atoms with Crippen molar-refractivity contribution in [1.82, 2.24) is 0 Å². The van der Waals surface area contributed by atoms with E-state index < -0.39 is 0 Å². The summed E-state index contributed by atoms with van der Waals surface area (Å²) >= 11 is 6.08. The Kier molecular flexibility index (Phi) is 5.83. The maximum atomic E-state index is 11.7. The van der Waals surface area contributed by atoms with E-state index in [0.717, 1.165) is 11.1 Å². The Morgan fingerprint density at radius 2 is 1.95 bits per heavy atom. The summed E-state index contributed by atoms with van der Waals surface area (Å²) in [6, 6.07) is 3.72. The molecule has 0 saturated heterocycles. The fourth-order valence-electron chi connectivity index (χ4n) is 1.72. The highest BCUT2D eigenvalue weighted by atomic mass is 35.5. The van der Waals surface area contributed by atoms with Gasteiger partial charge in [-0.1, -0.05) is 17.7 Å². The first-order chi connectivity index (χ1) is 8.93. The molecular formula is C14H18ClNO3. The standard InChI is InChI=1S/C14H18ClNO3/c1-4-19-13(18)6-5-12(17)16-14-10(3)7-9(2)8-11(14)15/h7-8H,4-6H2,1-3H3,(H,16,17). The van der Waals surface area contributed by atoms with E-state index in [0.29, 0.717) is 17.3 Å². The van der Waals surface area contributed by atoms with Crippen LogP contribution in [0.4, 0.5) is 5.69 Å². The fourth-order valence-corrected chi connectivity index (χ4v) is 2.09. The molecule has 0 spiro atoms. The minimum Gasteiger partial charge on any atom is -0.466 e. The molecule has 0 aliphatic heterocycles. The number of hydrogen-bond acceptors (Lipinski definition) is 3. The first kappa shape index (κ1) is 15.5. The predicted molar refractivity (Wildman–Crippen MR) is 75.4 cm³/mol. The first-order valence-electron chi connectivity index (χ1n) is 6.16. The molecule has 0 bridgehead atoms. The van der Waals surface area contributed by atoms with E-state index in [1.165, 1.54) is 0 Å². The van der Waals surface area contributed by atoms with Gasteiger partial charge in [-0.15, -0.1) is 0 Å². The largest absolute Gasteiger partial charge is 0.466 e. The number of esters is 1. The maximum absolute atomic E-state index is 11.7. The lowest BCUT2D eigenvalue weighted by Gasteiger charge is -2.11. The summed E-state index contributed by atoms with van der Waals surface area (Å²) in [7, 11) is 0. The second-order valence-electron chi connectivity index (χ2n) is 4.29. The zero-order valence-electron chi connectivity index (χ0n) is 11.4. The topological polar surface area (TPSA) is 55.4 Å². The molecule has 104 valence electrons. The Morgan fingerprint density at radius 1 is 1.26 bits per heavy atom. The number of aryl methyl sites for hydroxylation is 2. The molecule has 1 rings (SSSR count). The molecule has 1 amide bonds. The van der Waals surface area contributed by atoms with Gasteiger partial charge in [-0.05, 0) is 38.0 Å². The van der Waals surface area contributed by atoms with Crippen molar-refractivity contribution in [2.75, 3.05) is 11.9 Å². The minimum atomic E-state index is -0.371. The summed E-state index contributed by atoms with van der Waals surface area (Å²) in [6.07, 6.45) is 0.157. The molecule has 1 N–H and O–H groups in total. The number of benzene rings is 1. The smallest absolute Gasteiger partial charge is 0.306 e. The Balaban J connectivity index is 2.60. The van der Waals surface area contributed by atoms with Gasteiger partial charge in [0.15, 0.2) is 0 Å². The molecule has 0 fully saturated rings. The van der Waals surface area contributed by atoms with Gasteiger partial charge in [0, 0.05) is 6.42 Å². The molecular weight excluding hydrogens is 266 g/mol. The zero-order valence-corrected chi connectivity index (χ0v) is 12.1. The molecule has 0 unspecified atom stereocenters. The SMILES string of the molecule is CCOC(=O)CCC(=O)Nc1c(C)cc(C)cc1Cl. The van der Waals surface area contributed by atoms with Gasteiger partial charge in [-0.3, -0.25) is 9.59 Å². The maximum Gasteiger partial charge on any atom is 0.306 e. The van der Waals surface area contributed by atoms with Crippen LogP contribution < -0.4 is 5.32 Å². The van der Waals surface area contributed by atoms with Crippen molar-refractivity contribution in [3.05, 3.63) is 28.3 Å². The van der Waals surface area contributed by atoms with Crippen LogP contribution >= 0.6 is 11.6 Å². The van der Waals surface area contributed by atoms with Crippen LogP contribution in [0.2, 0.25) is 5.02 Å². The van der Waals surface area contributed by atoms with Crippen LogP contribution in [0.1, 0.15) is 30.9 Å². The van der Waals surface area contributed by atoms with Crippen LogP contribution in [0.25, 0.3) is 0 Å². The molecule has 0 saturated carbocycles. The van der Waals surface area contributed by atoms with Gasteiger partial charge in [0.25, 0.3) is 0 Å². The van der Waals surface area contributed by atoms with Crippen LogP contribution in [0.3, 0.4) is 0 Å².